The summed E-state index contributed by atoms with van der Waals surface area (Å²) in [4.78, 5) is 15.4. The van der Waals surface area contributed by atoms with Crippen molar-refractivity contribution in [2.75, 3.05) is 11.1 Å². The molecule has 0 atom stereocenters. The van der Waals surface area contributed by atoms with Crippen LogP contribution in [0.2, 0.25) is 5.02 Å². The van der Waals surface area contributed by atoms with Gasteiger partial charge in [0.1, 0.15) is 0 Å². The van der Waals surface area contributed by atoms with Gasteiger partial charge < -0.3 is 16.0 Å². The lowest BCUT2D eigenvalue weighted by molar-refractivity contribution is 0.102. The normalized spacial score (nSPS) is 10.8. The lowest BCUT2D eigenvalue weighted by Crippen LogP contribution is -2.11. The maximum absolute atomic E-state index is 12.4. The Bertz CT molecular complexity index is 844. The van der Waals surface area contributed by atoms with Crippen molar-refractivity contribution in [3.63, 3.8) is 0 Å². The van der Waals surface area contributed by atoms with Crippen LogP contribution in [-0.2, 0) is 0 Å². The molecular weight excluding hydrogens is 401 g/mol. The van der Waals surface area contributed by atoms with Crippen LogP contribution in [0.1, 0.15) is 10.4 Å². The molecule has 0 unspecified atom stereocenters. The Balaban J connectivity index is 1.94. The lowest BCUT2D eigenvalue weighted by Gasteiger charge is -2.07. The molecule has 1 amide bonds. The van der Waals surface area contributed by atoms with Crippen molar-refractivity contribution < 1.29 is 4.79 Å². The summed E-state index contributed by atoms with van der Waals surface area (Å²) in [5.74, 6) is -0.214. The van der Waals surface area contributed by atoms with Gasteiger partial charge in [-0.3, -0.25) is 4.79 Å². The van der Waals surface area contributed by atoms with Crippen LogP contribution >= 0.6 is 34.2 Å². The Morgan fingerprint density at radius 2 is 2.05 bits per heavy atom. The predicted molar refractivity (Wildman–Crippen MR) is 94.8 cm³/mol. The number of amides is 1. The van der Waals surface area contributed by atoms with Gasteiger partial charge in [0, 0.05) is 26.4 Å². The number of fused-ring (bicyclic) bond motifs is 1. The molecular formula is C15H11ClIN3O. The van der Waals surface area contributed by atoms with Gasteiger partial charge in [-0.15, -0.1) is 0 Å². The van der Waals surface area contributed by atoms with Gasteiger partial charge in [0.25, 0.3) is 5.91 Å². The topological polar surface area (TPSA) is 70.9 Å². The number of hydrogen-bond donors (Lipinski definition) is 3. The molecule has 3 rings (SSSR count). The summed E-state index contributed by atoms with van der Waals surface area (Å²) in [6.45, 7) is 0. The van der Waals surface area contributed by atoms with Gasteiger partial charge >= 0.3 is 0 Å². The number of rotatable bonds is 2. The zero-order chi connectivity index (χ0) is 15.0. The number of aromatic nitrogens is 1. The molecule has 21 heavy (non-hydrogen) atoms. The molecule has 0 aliphatic rings. The number of anilines is 2. The first-order valence-electron chi connectivity index (χ1n) is 6.17. The van der Waals surface area contributed by atoms with Crippen LogP contribution in [0.5, 0.6) is 0 Å². The van der Waals surface area contributed by atoms with Crippen LogP contribution in [0.4, 0.5) is 11.4 Å². The molecule has 4 N–H and O–H groups in total. The van der Waals surface area contributed by atoms with Crippen molar-refractivity contribution in [1.82, 2.24) is 4.98 Å². The third-order valence-electron chi connectivity index (χ3n) is 3.13. The number of nitrogens with one attached hydrogen (secondary N) is 2. The van der Waals surface area contributed by atoms with E-state index in [0.29, 0.717) is 22.0 Å². The van der Waals surface area contributed by atoms with E-state index >= 15 is 0 Å². The van der Waals surface area contributed by atoms with E-state index in [0.717, 1.165) is 14.5 Å². The van der Waals surface area contributed by atoms with Crippen LogP contribution in [-0.4, -0.2) is 10.9 Å². The summed E-state index contributed by atoms with van der Waals surface area (Å²) in [7, 11) is 0. The third-order valence-corrected chi connectivity index (χ3v) is 4.11. The highest BCUT2D eigenvalue weighted by Crippen LogP contribution is 2.26. The van der Waals surface area contributed by atoms with Crippen LogP contribution in [0, 0.1) is 3.57 Å². The summed E-state index contributed by atoms with van der Waals surface area (Å²) in [5.41, 5.74) is 8.35. The smallest absolute Gasteiger partial charge is 0.257 e. The average molecular weight is 412 g/mol. The molecule has 106 valence electrons. The van der Waals surface area contributed by atoms with Gasteiger partial charge in [-0.05, 0) is 59.0 Å². The number of halogens is 2. The molecule has 0 spiro atoms. The molecule has 1 aromatic heterocycles. The highest BCUT2D eigenvalue weighted by Gasteiger charge is 2.13. The number of H-pyrrole nitrogens is 1. The van der Waals surface area contributed by atoms with Gasteiger partial charge in [0.2, 0.25) is 0 Å². The van der Waals surface area contributed by atoms with E-state index in [1.165, 1.54) is 0 Å². The molecule has 0 bridgehead atoms. The molecule has 0 radical (unpaired) electrons. The number of benzene rings is 2. The van der Waals surface area contributed by atoms with Crippen LogP contribution < -0.4 is 11.1 Å². The second-order valence-corrected chi connectivity index (χ2v) is 6.24. The Hall–Kier alpha value is -1.73. The molecule has 3 aromatic rings. The van der Waals surface area contributed by atoms with E-state index in [2.05, 4.69) is 32.9 Å². The summed E-state index contributed by atoms with van der Waals surface area (Å²) in [6, 6.07) is 10.9. The maximum Gasteiger partial charge on any atom is 0.257 e. The number of carbonyl (C=O) groups excluding carboxylic acids is 1. The van der Waals surface area contributed by atoms with E-state index in [1.807, 2.05) is 12.1 Å². The summed E-state index contributed by atoms with van der Waals surface area (Å²) >= 11 is 8.30. The fraction of sp³-hybridized carbons (Fsp3) is 0. The number of aromatic amines is 1. The Morgan fingerprint density at radius 3 is 2.81 bits per heavy atom. The van der Waals surface area contributed by atoms with Crippen molar-refractivity contribution in [1.29, 1.82) is 0 Å². The zero-order valence-electron chi connectivity index (χ0n) is 10.8. The van der Waals surface area contributed by atoms with Crippen LogP contribution in [0.15, 0.2) is 42.6 Å². The standard InChI is InChI=1S/C15H11ClIN3O/c16-12-5-8(17)1-4-13(12)20-15(21)11-7-19-14-6-9(18)2-3-10(11)14/h1-7,19H,18H2,(H,20,21). The van der Waals surface area contributed by atoms with E-state index in [1.54, 1.807) is 30.5 Å². The van der Waals surface area contributed by atoms with Crippen molar-refractivity contribution >= 4 is 62.4 Å². The van der Waals surface area contributed by atoms with Gasteiger partial charge in [0.15, 0.2) is 0 Å². The molecule has 0 saturated carbocycles. The summed E-state index contributed by atoms with van der Waals surface area (Å²) < 4.78 is 1.01. The van der Waals surface area contributed by atoms with Crippen molar-refractivity contribution in [3.05, 3.63) is 56.8 Å². The third kappa shape index (κ3) is 2.84. The van der Waals surface area contributed by atoms with Gasteiger partial charge in [-0.1, -0.05) is 11.6 Å². The number of carbonyl (C=O) groups is 1. The summed E-state index contributed by atoms with van der Waals surface area (Å²) in [6.07, 6.45) is 1.67. The first kappa shape index (κ1) is 14.2. The second kappa shape index (κ2) is 5.57. The molecule has 1 heterocycles. The second-order valence-electron chi connectivity index (χ2n) is 4.59. The Labute approximate surface area is 139 Å². The van der Waals surface area contributed by atoms with Crippen LogP contribution in [0.3, 0.4) is 0 Å². The minimum Gasteiger partial charge on any atom is -0.399 e. The van der Waals surface area contributed by atoms with Crippen molar-refractivity contribution in [3.8, 4) is 0 Å². The average Bonchev–Trinajstić information content (AvgIpc) is 2.84. The maximum atomic E-state index is 12.4. The van der Waals surface area contributed by atoms with Gasteiger partial charge in [-0.2, -0.15) is 0 Å². The first-order chi connectivity index (χ1) is 10.0. The monoisotopic (exact) mass is 411 g/mol. The zero-order valence-corrected chi connectivity index (χ0v) is 13.7. The Kier molecular flexibility index (Phi) is 3.77. The van der Waals surface area contributed by atoms with Crippen molar-refractivity contribution in [2.24, 2.45) is 0 Å². The molecule has 0 saturated heterocycles. The van der Waals surface area contributed by atoms with Crippen molar-refractivity contribution in [2.45, 2.75) is 0 Å². The molecule has 6 heteroatoms. The Morgan fingerprint density at radius 1 is 1.24 bits per heavy atom. The quantitative estimate of drug-likeness (QED) is 0.435. The molecule has 0 aliphatic heterocycles. The van der Waals surface area contributed by atoms with Gasteiger partial charge in [-0.25, -0.2) is 0 Å². The minimum absolute atomic E-state index is 0.214. The number of nitrogens with two attached hydrogens (primary N) is 1. The van der Waals surface area contributed by atoms with E-state index in [4.69, 9.17) is 17.3 Å². The predicted octanol–water partition coefficient (Wildman–Crippen LogP) is 4.26. The number of hydrogen-bond acceptors (Lipinski definition) is 2. The van der Waals surface area contributed by atoms with E-state index in [9.17, 15) is 4.79 Å². The lowest BCUT2D eigenvalue weighted by atomic mass is 10.1. The molecule has 0 fully saturated rings. The minimum atomic E-state index is -0.214. The molecule has 4 nitrogen and oxygen atoms in total. The molecule has 2 aromatic carbocycles. The highest BCUT2D eigenvalue weighted by molar-refractivity contribution is 14.1. The largest absolute Gasteiger partial charge is 0.399 e. The highest BCUT2D eigenvalue weighted by atomic mass is 127. The van der Waals surface area contributed by atoms with Gasteiger partial charge in [0.05, 0.1) is 16.3 Å². The SMILES string of the molecule is Nc1ccc2c(C(=O)Nc3ccc(I)cc3Cl)c[nH]c2c1. The fourth-order valence-corrected chi connectivity index (χ4v) is 3.02. The molecule has 0 aliphatic carbocycles. The van der Waals surface area contributed by atoms with E-state index < -0.39 is 0 Å². The van der Waals surface area contributed by atoms with E-state index in [-0.39, 0.29) is 5.91 Å². The fourth-order valence-electron chi connectivity index (χ4n) is 2.11. The van der Waals surface area contributed by atoms with Crippen LogP contribution in [0.25, 0.3) is 10.9 Å². The number of nitrogen functional groups attached to an aromatic ring is 1. The first-order valence-corrected chi connectivity index (χ1v) is 7.63. The summed E-state index contributed by atoms with van der Waals surface area (Å²) in [5, 5.41) is 4.16.